The molecule has 2 heterocycles. The summed E-state index contributed by atoms with van der Waals surface area (Å²) >= 11 is 6.65. The van der Waals surface area contributed by atoms with E-state index >= 15 is 0 Å². The minimum absolute atomic E-state index is 0.107. The van der Waals surface area contributed by atoms with Gasteiger partial charge in [0.05, 0.1) is 23.3 Å². The van der Waals surface area contributed by atoms with Gasteiger partial charge in [0, 0.05) is 31.9 Å². The molecule has 7 nitrogen and oxygen atoms in total. The fourth-order valence-electron chi connectivity index (χ4n) is 7.55. The van der Waals surface area contributed by atoms with Crippen LogP contribution in [0, 0.1) is 29.5 Å². The van der Waals surface area contributed by atoms with Crippen molar-refractivity contribution >= 4 is 28.9 Å². The Kier molecular flexibility index (Phi) is 5.13. The predicted octanol–water partition coefficient (Wildman–Crippen LogP) is 3.60. The van der Waals surface area contributed by atoms with Crippen molar-refractivity contribution in [1.29, 1.82) is 0 Å². The van der Waals surface area contributed by atoms with E-state index in [0.717, 1.165) is 24.9 Å². The molecule has 1 saturated heterocycles. The van der Waals surface area contributed by atoms with Crippen LogP contribution >= 0.6 is 11.6 Å². The number of anilines is 2. The third-order valence-electron chi connectivity index (χ3n) is 8.67. The largest absolute Gasteiger partial charge is 0.481 e. The number of carboxylic acids is 1. The van der Waals surface area contributed by atoms with Gasteiger partial charge in [0.15, 0.2) is 0 Å². The highest BCUT2D eigenvalue weighted by Crippen LogP contribution is 2.61. The molecule has 5 atom stereocenters. The first-order chi connectivity index (χ1) is 16.4. The van der Waals surface area contributed by atoms with Gasteiger partial charge >= 0.3 is 5.97 Å². The number of nitrogens with zero attached hydrogens (tertiary/aromatic N) is 4. The lowest BCUT2D eigenvalue weighted by atomic mass is 9.48. The Morgan fingerprint density at radius 1 is 1.03 bits per heavy atom. The summed E-state index contributed by atoms with van der Waals surface area (Å²) in [5.41, 5.74) is 0.398. The zero-order valence-corrected chi connectivity index (χ0v) is 19.6. The Morgan fingerprint density at radius 3 is 2.26 bits per heavy atom. The quantitative estimate of drug-likeness (QED) is 0.711. The lowest BCUT2D eigenvalue weighted by molar-refractivity contribution is -0.168. The van der Waals surface area contributed by atoms with Gasteiger partial charge in [-0.05, 0) is 74.1 Å². The maximum Gasteiger partial charge on any atom is 0.309 e. The van der Waals surface area contributed by atoms with Gasteiger partial charge in [0.25, 0.3) is 5.56 Å². The predicted molar refractivity (Wildman–Crippen MR) is 127 cm³/mol. The van der Waals surface area contributed by atoms with Gasteiger partial charge in [-0.1, -0.05) is 11.6 Å². The molecule has 0 spiro atoms. The number of carboxylic acid groups (broad SMARTS) is 1. The number of carbonyl (C=O) groups is 1. The second kappa shape index (κ2) is 7.97. The van der Waals surface area contributed by atoms with Crippen molar-refractivity contribution in [2.75, 3.05) is 36.0 Å². The Balaban J connectivity index is 1.27. The second-order valence-electron chi connectivity index (χ2n) is 10.5. The van der Waals surface area contributed by atoms with Gasteiger partial charge in [-0.25, -0.2) is 9.07 Å². The van der Waals surface area contributed by atoms with Crippen molar-refractivity contribution in [1.82, 2.24) is 9.78 Å². The standard InChI is InChI=1S/C25H28ClFN4O3/c26-22-20(30-7-5-29(6-8-30)19-3-1-18(27)2-4-19)14-28-31(23(22)32)25-12-15-9-16(13-25)11-17(10-15)21(25)24(33)34/h1-4,14-17,21H,5-13H2,(H,33,34)/t15-,16+,17?,21-,25?/m1/s1. The zero-order chi connectivity index (χ0) is 23.6. The molecule has 1 aliphatic heterocycles. The number of piperazine rings is 1. The minimum atomic E-state index is -0.824. The molecule has 0 amide bonds. The van der Waals surface area contributed by atoms with Gasteiger partial charge in [-0.3, -0.25) is 9.59 Å². The summed E-state index contributed by atoms with van der Waals surface area (Å²) in [6, 6.07) is 6.45. The Bertz CT molecular complexity index is 1160. The monoisotopic (exact) mass is 486 g/mol. The van der Waals surface area contributed by atoms with Crippen molar-refractivity contribution in [3.05, 3.63) is 51.7 Å². The Morgan fingerprint density at radius 2 is 1.65 bits per heavy atom. The van der Waals surface area contributed by atoms with Gasteiger partial charge in [-0.2, -0.15) is 5.10 Å². The van der Waals surface area contributed by atoms with Crippen LogP contribution in [0.15, 0.2) is 35.3 Å². The van der Waals surface area contributed by atoms with Gasteiger partial charge in [0.1, 0.15) is 10.8 Å². The number of hydrogen-bond donors (Lipinski definition) is 1. The van der Waals surface area contributed by atoms with E-state index < -0.39 is 17.4 Å². The molecule has 1 N–H and O–H groups in total. The summed E-state index contributed by atoms with van der Waals surface area (Å²) in [6.45, 7) is 2.72. The lowest BCUT2D eigenvalue weighted by Crippen LogP contribution is -2.63. The molecule has 34 heavy (non-hydrogen) atoms. The molecule has 180 valence electrons. The number of rotatable bonds is 4. The van der Waals surface area contributed by atoms with Gasteiger partial charge < -0.3 is 14.9 Å². The molecule has 4 saturated carbocycles. The average molecular weight is 487 g/mol. The highest BCUT2D eigenvalue weighted by molar-refractivity contribution is 6.33. The molecule has 2 unspecified atom stereocenters. The molecule has 5 aliphatic rings. The number of aromatic nitrogens is 2. The third kappa shape index (κ3) is 3.33. The Hall–Kier alpha value is -2.61. The van der Waals surface area contributed by atoms with Crippen molar-refractivity contribution in [2.45, 2.75) is 37.6 Å². The maximum absolute atomic E-state index is 13.5. The topological polar surface area (TPSA) is 78.7 Å². The van der Waals surface area contributed by atoms with E-state index in [2.05, 4.69) is 14.9 Å². The van der Waals surface area contributed by atoms with Crippen LogP contribution in [0.1, 0.15) is 32.1 Å². The van der Waals surface area contributed by atoms with Crippen LogP contribution < -0.4 is 15.4 Å². The minimum Gasteiger partial charge on any atom is -0.481 e. The fourth-order valence-corrected chi connectivity index (χ4v) is 7.80. The molecule has 9 heteroatoms. The van der Waals surface area contributed by atoms with Crippen LogP contribution in [-0.4, -0.2) is 47.0 Å². The van der Waals surface area contributed by atoms with E-state index in [0.29, 0.717) is 56.5 Å². The molecule has 4 bridgehead atoms. The molecule has 5 fully saturated rings. The highest BCUT2D eigenvalue weighted by atomic mass is 35.5. The van der Waals surface area contributed by atoms with E-state index in [4.69, 9.17) is 11.6 Å². The molecule has 0 radical (unpaired) electrons. The summed E-state index contributed by atoms with van der Waals surface area (Å²) in [6.07, 6.45) is 6.03. The number of halogens is 2. The van der Waals surface area contributed by atoms with E-state index in [-0.39, 0.29) is 22.3 Å². The number of benzene rings is 1. The van der Waals surface area contributed by atoms with Crippen molar-refractivity contribution in [3.8, 4) is 0 Å². The first kappa shape index (κ1) is 21.9. The fraction of sp³-hybridized carbons (Fsp3) is 0.560. The molecule has 2 aromatic rings. The van der Waals surface area contributed by atoms with Crippen LogP contribution in [0.5, 0.6) is 0 Å². The summed E-state index contributed by atoms with van der Waals surface area (Å²) in [7, 11) is 0. The third-order valence-corrected chi connectivity index (χ3v) is 9.03. The molecule has 4 aliphatic carbocycles. The first-order valence-electron chi connectivity index (χ1n) is 12.1. The molecular formula is C25H28ClFN4O3. The van der Waals surface area contributed by atoms with Crippen LogP contribution in [0.3, 0.4) is 0 Å². The smallest absolute Gasteiger partial charge is 0.309 e. The van der Waals surface area contributed by atoms with Crippen LogP contribution in [0.25, 0.3) is 0 Å². The van der Waals surface area contributed by atoms with Crippen LogP contribution in [-0.2, 0) is 10.3 Å². The summed E-state index contributed by atoms with van der Waals surface area (Å²) in [5, 5.41) is 14.8. The van der Waals surface area contributed by atoms with E-state index in [1.165, 1.54) is 16.8 Å². The normalized spacial score (nSPS) is 32.3. The highest BCUT2D eigenvalue weighted by Gasteiger charge is 2.61. The van der Waals surface area contributed by atoms with E-state index in [1.54, 1.807) is 18.3 Å². The Labute approximate surface area is 202 Å². The van der Waals surface area contributed by atoms with Gasteiger partial charge in [0.2, 0.25) is 0 Å². The zero-order valence-electron chi connectivity index (χ0n) is 18.9. The number of aliphatic carboxylic acids is 1. The molecule has 1 aromatic carbocycles. The summed E-state index contributed by atoms with van der Waals surface area (Å²) in [5.74, 6) is -0.652. The van der Waals surface area contributed by atoms with E-state index in [1.807, 2.05) is 0 Å². The molecular weight excluding hydrogens is 459 g/mol. The SMILES string of the molecule is O=C(O)[C@H]1C2C[C@@H]3C[C@H](C2)CC1(n1ncc(N2CCN(c4ccc(F)cc4)CC2)c(Cl)c1=O)C3. The number of hydrogen-bond acceptors (Lipinski definition) is 5. The van der Waals surface area contributed by atoms with Crippen molar-refractivity contribution in [2.24, 2.45) is 23.7 Å². The van der Waals surface area contributed by atoms with Crippen molar-refractivity contribution in [3.63, 3.8) is 0 Å². The first-order valence-corrected chi connectivity index (χ1v) is 12.5. The molecule has 7 rings (SSSR count). The second-order valence-corrected chi connectivity index (χ2v) is 10.9. The van der Waals surface area contributed by atoms with E-state index in [9.17, 15) is 19.1 Å². The average Bonchev–Trinajstić information content (AvgIpc) is 2.80. The van der Waals surface area contributed by atoms with Crippen LogP contribution in [0.4, 0.5) is 15.8 Å². The summed E-state index contributed by atoms with van der Waals surface area (Å²) in [4.78, 5) is 30.1. The van der Waals surface area contributed by atoms with Crippen LogP contribution in [0.2, 0.25) is 5.02 Å². The van der Waals surface area contributed by atoms with Gasteiger partial charge in [-0.15, -0.1) is 0 Å². The van der Waals surface area contributed by atoms with Crippen molar-refractivity contribution < 1.29 is 14.3 Å². The molecule has 1 aromatic heterocycles. The summed E-state index contributed by atoms with van der Waals surface area (Å²) < 4.78 is 14.7. The lowest BCUT2D eigenvalue weighted by Gasteiger charge is -2.59. The maximum atomic E-state index is 13.5.